The van der Waals surface area contributed by atoms with Crippen LogP contribution in [0.25, 0.3) is 11.0 Å². The number of aryl methyl sites for hydroxylation is 1. The van der Waals surface area contributed by atoms with Gasteiger partial charge in [-0.2, -0.15) is 0 Å². The van der Waals surface area contributed by atoms with E-state index in [1.165, 1.54) is 6.33 Å². The number of phosphoric acid groups is 1. The molecule has 2 aromatic rings. The quantitative estimate of drug-likeness (QED) is 0.124. The standard InChI is InChI=1S/C19H25IN4O11P2S/c20-16-15-12(25)9(32-16)5-31-37(29,38)35-14-10(6-30-36(27,28)34-15)33-19(13(14)26)24-4-8-2-1-3-21-17-11(8)18(24)23-7-22-17/h4,7,9-10,12-16,19,25-26H,1-3,5-6H2,(H,27,28)(H,29,38)(H,21,22,23)/t9-,10-,12-,13-,14-,15-,16-,19-,37+/m1/s1. The number of fused-ring (bicyclic) bond motifs is 3. The van der Waals surface area contributed by atoms with Gasteiger partial charge in [0.25, 0.3) is 0 Å². The van der Waals surface area contributed by atoms with Crippen molar-refractivity contribution in [3.63, 3.8) is 0 Å². The Kier molecular flexibility index (Phi) is 7.64. The van der Waals surface area contributed by atoms with Crippen molar-refractivity contribution in [2.75, 3.05) is 25.1 Å². The minimum absolute atomic E-state index is 0.423. The van der Waals surface area contributed by atoms with Crippen molar-refractivity contribution in [1.82, 2.24) is 14.5 Å². The average molecular weight is 706 g/mol. The molecular formula is C19H25IN4O11P2S. The van der Waals surface area contributed by atoms with Crippen LogP contribution >= 0.6 is 49.5 Å². The summed E-state index contributed by atoms with van der Waals surface area (Å²) in [5.41, 5.74) is 1.45. The summed E-state index contributed by atoms with van der Waals surface area (Å²) in [5, 5.41) is 25.8. The van der Waals surface area contributed by atoms with E-state index in [4.69, 9.17) is 27.6 Å². The first-order chi connectivity index (χ1) is 18.0. The van der Waals surface area contributed by atoms with Gasteiger partial charge in [0.1, 0.15) is 58.5 Å². The van der Waals surface area contributed by atoms with Gasteiger partial charge in [-0.25, -0.2) is 19.1 Å². The summed E-state index contributed by atoms with van der Waals surface area (Å²) in [4.78, 5) is 19.0. The number of nitrogens with zero attached hydrogens (tertiary/aromatic N) is 3. The zero-order chi connectivity index (χ0) is 26.8. The summed E-state index contributed by atoms with van der Waals surface area (Å²) in [6.45, 7) is -4.41. The number of anilines is 1. The van der Waals surface area contributed by atoms with Gasteiger partial charge in [0, 0.05) is 12.7 Å². The minimum atomic E-state index is -4.74. The van der Waals surface area contributed by atoms with Crippen molar-refractivity contribution < 1.29 is 51.8 Å². The first kappa shape index (κ1) is 27.8. The number of nitrogens with one attached hydrogen (secondary N) is 1. The van der Waals surface area contributed by atoms with Gasteiger partial charge >= 0.3 is 14.6 Å². The zero-order valence-electron chi connectivity index (χ0n) is 19.5. The third kappa shape index (κ3) is 5.19. The molecule has 0 aromatic carbocycles. The monoisotopic (exact) mass is 706 g/mol. The third-order valence-electron chi connectivity index (χ3n) is 6.78. The van der Waals surface area contributed by atoms with Gasteiger partial charge in [0.05, 0.1) is 18.6 Å². The predicted molar refractivity (Wildman–Crippen MR) is 141 cm³/mol. The van der Waals surface area contributed by atoms with Crippen molar-refractivity contribution >= 4 is 66.3 Å². The lowest BCUT2D eigenvalue weighted by Crippen LogP contribution is -2.36. The maximum Gasteiger partial charge on any atom is 0.472 e. The van der Waals surface area contributed by atoms with Crippen LogP contribution < -0.4 is 5.32 Å². The number of halogens is 1. The van der Waals surface area contributed by atoms with Gasteiger partial charge in [-0.3, -0.25) is 18.1 Å². The molecule has 4 N–H and O–H groups in total. The van der Waals surface area contributed by atoms with E-state index in [2.05, 4.69) is 27.5 Å². The molecule has 4 aliphatic rings. The Hall–Kier alpha value is -0.400. The van der Waals surface area contributed by atoms with Gasteiger partial charge in [-0.1, -0.05) is 12.2 Å². The first-order valence-corrected chi connectivity index (χ1v) is 17.2. The highest BCUT2D eigenvalue weighted by Gasteiger charge is 2.52. The van der Waals surface area contributed by atoms with Gasteiger partial charge in [-0.05, 0) is 41.0 Å². The van der Waals surface area contributed by atoms with Crippen LogP contribution in [0.4, 0.5) is 5.82 Å². The SMILES string of the molecule is O=[P@@]1(O)OC[C@H]2O[C@@H](n3cc4c5c(ncnc53)NCCC4)[C@H](O)[C@@H]2O[P@@](=O)(S)OC[C@H]2O[C@@H](I)[C@H](O1)[C@@H]2O. The molecule has 0 radical (unpaired) electrons. The Morgan fingerprint density at radius 1 is 1.08 bits per heavy atom. The molecule has 38 heavy (non-hydrogen) atoms. The molecule has 2 aromatic heterocycles. The second-order valence-electron chi connectivity index (χ2n) is 9.25. The molecule has 15 nitrogen and oxygen atoms in total. The molecular weight excluding hydrogens is 681 g/mol. The van der Waals surface area contributed by atoms with Crippen molar-refractivity contribution in [2.45, 2.75) is 59.8 Å². The van der Waals surface area contributed by atoms with E-state index in [-0.39, 0.29) is 0 Å². The summed E-state index contributed by atoms with van der Waals surface area (Å²) in [5.74, 6) is 0.662. The predicted octanol–water partition coefficient (Wildman–Crippen LogP) is 1.52. The molecule has 3 saturated heterocycles. The van der Waals surface area contributed by atoms with Crippen LogP contribution in [0, 0.1) is 0 Å². The van der Waals surface area contributed by atoms with Crippen LogP contribution in [0.1, 0.15) is 18.2 Å². The number of hydrogen-bond acceptors (Lipinski definition) is 13. The van der Waals surface area contributed by atoms with Crippen molar-refractivity contribution in [3.05, 3.63) is 18.1 Å². The van der Waals surface area contributed by atoms with E-state index in [0.717, 1.165) is 30.3 Å². The lowest BCUT2D eigenvalue weighted by molar-refractivity contribution is -0.0531. The summed E-state index contributed by atoms with van der Waals surface area (Å²) in [7, 11) is -4.74. The molecule has 6 heterocycles. The summed E-state index contributed by atoms with van der Waals surface area (Å²) in [6.07, 6.45) is -3.94. The van der Waals surface area contributed by atoms with E-state index in [1.54, 1.807) is 33.4 Å². The number of aliphatic hydroxyl groups excluding tert-OH is 2. The number of aliphatic hydroxyl groups is 2. The van der Waals surface area contributed by atoms with Crippen LogP contribution in [0.5, 0.6) is 0 Å². The molecule has 0 unspecified atom stereocenters. The van der Waals surface area contributed by atoms with E-state index >= 15 is 0 Å². The smallest absolute Gasteiger partial charge is 0.387 e. The van der Waals surface area contributed by atoms with Crippen LogP contribution in [-0.2, 0) is 43.1 Å². The van der Waals surface area contributed by atoms with Crippen LogP contribution in [0.15, 0.2) is 12.5 Å². The second kappa shape index (κ2) is 10.5. The van der Waals surface area contributed by atoms with E-state index < -0.39 is 74.8 Å². The molecule has 3 fully saturated rings. The molecule has 210 valence electrons. The normalized spacial score (nSPS) is 43.9. The summed E-state index contributed by atoms with van der Waals surface area (Å²) in [6, 6.07) is 0. The van der Waals surface area contributed by atoms with Gasteiger partial charge in [0.15, 0.2) is 6.23 Å². The average Bonchev–Trinajstić information content (AvgIpc) is 3.39. The molecule has 10 atom stereocenters. The fourth-order valence-corrected chi connectivity index (χ4v) is 8.63. The van der Waals surface area contributed by atoms with Crippen LogP contribution in [0.2, 0.25) is 0 Å². The van der Waals surface area contributed by atoms with Gasteiger partial charge in [-0.15, -0.1) is 0 Å². The van der Waals surface area contributed by atoms with Gasteiger partial charge in [0.2, 0.25) is 0 Å². The third-order valence-corrected chi connectivity index (χ3v) is 10.4. The Labute approximate surface area is 234 Å². The molecule has 0 saturated carbocycles. The summed E-state index contributed by atoms with van der Waals surface area (Å²) < 4.78 is 59.6. The molecule has 6 rings (SSSR count). The number of rotatable bonds is 1. The maximum atomic E-state index is 13.1. The van der Waals surface area contributed by atoms with Crippen LogP contribution in [-0.4, -0.2) is 90.1 Å². The Morgan fingerprint density at radius 3 is 2.68 bits per heavy atom. The topological polar surface area (TPSA) is 193 Å². The van der Waals surface area contributed by atoms with Crippen molar-refractivity contribution in [3.8, 4) is 0 Å². The molecule has 19 heteroatoms. The lowest BCUT2D eigenvalue weighted by atomic mass is 10.1. The van der Waals surface area contributed by atoms with Crippen molar-refractivity contribution in [1.29, 1.82) is 0 Å². The molecule has 0 aliphatic carbocycles. The largest absolute Gasteiger partial charge is 0.472 e. The Morgan fingerprint density at radius 2 is 1.87 bits per heavy atom. The minimum Gasteiger partial charge on any atom is -0.387 e. The van der Waals surface area contributed by atoms with Crippen molar-refractivity contribution in [2.24, 2.45) is 0 Å². The second-order valence-corrected chi connectivity index (χ2v) is 14.8. The first-order valence-electron chi connectivity index (χ1n) is 11.7. The van der Waals surface area contributed by atoms with E-state index in [0.29, 0.717) is 11.5 Å². The molecule has 0 amide bonds. The number of aromatic nitrogens is 3. The fraction of sp³-hybridized carbons (Fsp3) is 0.684. The number of ether oxygens (including phenoxy) is 2. The lowest BCUT2D eigenvalue weighted by Gasteiger charge is -2.25. The molecule has 4 aliphatic heterocycles. The number of alkyl halides is 1. The molecule has 2 bridgehead atoms. The highest BCUT2D eigenvalue weighted by molar-refractivity contribution is 14.1. The number of hydrogen-bond donors (Lipinski definition) is 5. The van der Waals surface area contributed by atoms with Gasteiger partial charge < -0.3 is 34.5 Å². The van der Waals surface area contributed by atoms with Crippen LogP contribution in [0.3, 0.4) is 0 Å². The Bertz CT molecular complexity index is 1320. The number of phosphoric ester groups is 1. The molecule has 0 spiro atoms. The zero-order valence-corrected chi connectivity index (χ0v) is 24.3. The number of thiol groups is 1. The Balaban J connectivity index is 1.33. The van der Waals surface area contributed by atoms with E-state index in [1.807, 2.05) is 0 Å². The fourth-order valence-electron chi connectivity index (χ4n) is 5.02. The maximum absolute atomic E-state index is 13.1. The summed E-state index contributed by atoms with van der Waals surface area (Å²) >= 11 is 5.82. The highest BCUT2D eigenvalue weighted by Crippen LogP contribution is 2.58. The van der Waals surface area contributed by atoms with E-state index in [9.17, 15) is 24.2 Å². The highest BCUT2D eigenvalue weighted by atomic mass is 127.